The highest BCUT2D eigenvalue weighted by atomic mass is 16.5. The number of ether oxygens (including phenoxy) is 2. The number of aliphatic hydroxyl groups is 1. The van der Waals surface area contributed by atoms with Crippen molar-refractivity contribution in [2.45, 2.75) is 45.6 Å². The molecule has 1 unspecified atom stereocenters. The van der Waals surface area contributed by atoms with Crippen molar-refractivity contribution in [2.24, 2.45) is 0 Å². The predicted molar refractivity (Wildman–Crippen MR) is 90.8 cm³/mol. The Labute approximate surface area is 135 Å². The van der Waals surface area contributed by atoms with Crippen LogP contribution in [0.15, 0.2) is 18.2 Å². The normalized spacial score (nSPS) is 12.5. The minimum Gasteiger partial charge on any atom is -0.497 e. The van der Waals surface area contributed by atoms with Crippen LogP contribution in [0.1, 0.15) is 51.2 Å². The maximum Gasteiger partial charge on any atom is 0.128 e. The molecule has 0 aliphatic rings. The number of methoxy groups -OCH3 is 2. The smallest absolute Gasteiger partial charge is 0.128 e. The molecule has 1 aromatic rings. The van der Waals surface area contributed by atoms with E-state index in [2.05, 4.69) is 18.7 Å². The molecule has 0 aliphatic carbocycles. The number of nitrogens with zero attached hydrogens (tertiary/aromatic N) is 1. The molecule has 126 valence electrons. The van der Waals surface area contributed by atoms with Gasteiger partial charge in [0.2, 0.25) is 0 Å². The van der Waals surface area contributed by atoms with Gasteiger partial charge in [-0.05, 0) is 38.1 Å². The van der Waals surface area contributed by atoms with Crippen LogP contribution >= 0.6 is 0 Å². The molecule has 1 aromatic carbocycles. The fourth-order valence-corrected chi connectivity index (χ4v) is 2.49. The van der Waals surface area contributed by atoms with Gasteiger partial charge in [0.25, 0.3) is 0 Å². The van der Waals surface area contributed by atoms with Crippen molar-refractivity contribution in [3.8, 4) is 11.5 Å². The fraction of sp³-hybridized carbons (Fsp3) is 0.667. The molecule has 0 saturated heterocycles. The van der Waals surface area contributed by atoms with Crippen LogP contribution in [0.2, 0.25) is 0 Å². The standard InChI is InChI=1S/C18H31NO3/c1-5-7-11-19(12-8-6-2)14-17(20)16-10-9-15(21-3)13-18(16)22-4/h9-10,13,17,20H,5-8,11-12,14H2,1-4H3. The third-order valence-electron chi connectivity index (χ3n) is 3.89. The second-order valence-electron chi connectivity index (χ2n) is 5.63. The lowest BCUT2D eigenvalue weighted by Crippen LogP contribution is -2.30. The Bertz CT molecular complexity index is 415. The second kappa shape index (κ2) is 10.5. The van der Waals surface area contributed by atoms with Gasteiger partial charge in [-0.15, -0.1) is 0 Å². The average molecular weight is 309 g/mol. The summed E-state index contributed by atoms with van der Waals surface area (Å²) in [6, 6.07) is 5.57. The molecule has 1 atom stereocenters. The molecule has 0 amide bonds. The number of hydrogen-bond acceptors (Lipinski definition) is 4. The van der Waals surface area contributed by atoms with Crippen molar-refractivity contribution in [1.82, 2.24) is 4.90 Å². The van der Waals surface area contributed by atoms with Crippen LogP contribution in [0, 0.1) is 0 Å². The van der Waals surface area contributed by atoms with Crippen molar-refractivity contribution in [1.29, 1.82) is 0 Å². The van der Waals surface area contributed by atoms with Crippen molar-refractivity contribution in [3.63, 3.8) is 0 Å². The van der Waals surface area contributed by atoms with E-state index in [0.29, 0.717) is 12.3 Å². The van der Waals surface area contributed by atoms with Crippen LogP contribution in [0.4, 0.5) is 0 Å². The van der Waals surface area contributed by atoms with Gasteiger partial charge in [0.15, 0.2) is 0 Å². The average Bonchev–Trinajstić information content (AvgIpc) is 2.56. The first kappa shape index (κ1) is 18.8. The topological polar surface area (TPSA) is 41.9 Å². The van der Waals surface area contributed by atoms with Crippen molar-refractivity contribution in [2.75, 3.05) is 33.9 Å². The number of benzene rings is 1. The Hall–Kier alpha value is -1.26. The first-order chi connectivity index (χ1) is 10.7. The molecule has 4 nitrogen and oxygen atoms in total. The quantitative estimate of drug-likeness (QED) is 0.677. The zero-order valence-electron chi connectivity index (χ0n) is 14.5. The van der Waals surface area contributed by atoms with Crippen molar-refractivity contribution in [3.05, 3.63) is 23.8 Å². The lowest BCUT2D eigenvalue weighted by atomic mass is 10.1. The van der Waals surface area contributed by atoms with Gasteiger partial charge in [-0.1, -0.05) is 26.7 Å². The molecule has 22 heavy (non-hydrogen) atoms. The summed E-state index contributed by atoms with van der Waals surface area (Å²) in [4.78, 5) is 2.35. The molecule has 0 heterocycles. The molecule has 0 saturated carbocycles. The van der Waals surface area contributed by atoms with E-state index < -0.39 is 6.10 Å². The van der Waals surface area contributed by atoms with Gasteiger partial charge >= 0.3 is 0 Å². The molecular formula is C18H31NO3. The lowest BCUT2D eigenvalue weighted by molar-refractivity contribution is 0.109. The zero-order chi connectivity index (χ0) is 16.4. The molecule has 1 N–H and O–H groups in total. The second-order valence-corrected chi connectivity index (χ2v) is 5.63. The van der Waals surface area contributed by atoms with Crippen LogP contribution < -0.4 is 9.47 Å². The number of rotatable bonds is 11. The van der Waals surface area contributed by atoms with Crippen molar-refractivity contribution >= 4 is 0 Å². The maximum atomic E-state index is 10.6. The first-order valence-corrected chi connectivity index (χ1v) is 8.28. The van der Waals surface area contributed by atoms with Gasteiger partial charge in [0.05, 0.1) is 20.3 Å². The molecule has 0 aliphatic heterocycles. The zero-order valence-corrected chi connectivity index (χ0v) is 14.5. The van der Waals surface area contributed by atoms with Gasteiger partial charge in [0.1, 0.15) is 11.5 Å². The van der Waals surface area contributed by atoms with E-state index in [1.165, 1.54) is 12.8 Å². The van der Waals surface area contributed by atoms with E-state index in [0.717, 1.165) is 37.2 Å². The molecule has 0 fully saturated rings. The van der Waals surface area contributed by atoms with Crippen LogP contribution in [0.5, 0.6) is 11.5 Å². The molecule has 0 bridgehead atoms. The summed E-state index contributed by atoms with van der Waals surface area (Å²) in [5.74, 6) is 1.42. The van der Waals surface area contributed by atoms with Crippen LogP contribution in [-0.2, 0) is 0 Å². The van der Waals surface area contributed by atoms with E-state index in [-0.39, 0.29) is 0 Å². The Balaban J connectivity index is 2.77. The molecule has 0 radical (unpaired) electrons. The SMILES string of the molecule is CCCCN(CCCC)CC(O)c1ccc(OC)cc1OC. The highest BCUT2D eigenvalue weighted by Gasteiger charge is 2.17. The lowest BCUT2D eigenvalue weighted by Gasteiger charge is -2.26. The van der Waals surface area contributed by atoms with Crippen LogP contribution in [-0.4, -0.2) is 43.9 Å². The summed E-state index contributed by atoms with van der Waals surface area (Å²) in [5, 5.41) is 10.6. The Morgan fingerprint density at radius 2 is 1.68 bits per heavy atom. The molecule has 0 aromatic heterocycles. The summed E-state index contributed by atoms with van der Waals surface area (Å²) >= 11 is 0. The van der Waals surface area contributed by atoms with E-state index in [9.17, 15) is 5.11 Å². The summed E-state index contributed by atoms with van der Waals surface area (Å²) < 4.78 is 10.6. The van der Waals surface area contributed by atoms with E-state index in [4.69, 9.17) is 9.47 Å². The van der Waals surface area contributed by atoms with E-state index >= 15 is 0 Å². The van der Waals surface area contributed by atoms with Gasteiger partial charge in [0, 0.05) is 18.2 Å². The Morgan fingerprint density at radius 1 is 1.05 bits per heavy atom. The monoisotopic (exact) mass is 309 g/mol. The van der Waals surface area contributed by atoms with E-state index in [1.54, 1.807) is 14.2 Å². The van der Waals surface area contributed by atoms with Crippen LogP contribution in [0.25, 0.3) is 0 Å². The highest BCUT2D eigenvalue weighted by molar-refractivity contribution is 5.42. The predicted octanol–water partition coefficient (Wildman–Crippen LogP) is 3.64. The molecule has 0 spiro atoms. The molecule has 1 rings (SSSR count). The number of unbranched alkanes of at least 4 members (excludes halogenated alkanes) is 2. The van der Waals surface area contributed by atoms with Crippen molar-refractivity contribution < 1.29 is 14.6 Å². The third kappa shape index (κ3) is 5.85. The fourth-order valence-electron chi connectivity index (χ4n) is 2.49. The Kier molecular flexibility index (Phi) is 8.94. The maximum absolute atomic E-state index is 10.6. The molecular weight excluding hydrogens is 278 g/mol. The van der Waals surface area contributed by atoms with Gasteiger partial charge < -0.3 is 19.5 Å². The molecule has 4 heteroatoms. The minimum absolute atomic E-state index is 0.547. The Morgan fingerprint density at radius 3 is 2.18 bits per heavy atom. The summed E-state index contributed by atoms with van der Waals surface area (Å²) in [6.07, 6.45) is 4.12. The van der Waals surface area contributed by atoms with Gasteiger partial charge in [-0.3, -0.25) is 0 Å². The number of aliphatic hydroxyl groups excluding tert-OH is 1. The third-order valence-corrected chi connectivity index (χ3v) is 3.89. The largest absolute Gasteiger partial charge is 0.497 e. The van der Waals surface area contributed by atoms with Gasteiger partial charge in [-0.2, -0.15) is 0 Å². The first-order valence-electron chi connectivity index (χ1n) is 8.28. The summed E-state index contributed by atoms with van der Waals surface area (Å²) in [6.45, 7) is 7.10. The highest BCUT2D eigenvalue weighted by Crippen LogP contribution is 2.30. The van der Waals surface area contributed by atoms with E-state index in [1.807, 2.05) is 18.2 Å². The summed E-state index contributed by atoms with van der Waals surface area (Å²) in [5.41, 5.74) is 0.821. The number of hydrogen-bond donors (Lipinski definition) is 1. The van der Waals surface area contributed by atoms with Gasteiger partial charge in [-0.25, -0.2) is 0 Å². The summed E-state index contributed by atoms with van der Waals surface area (Å²) in [7, 11) is 3.25. The minimum atomic E-state index is -0.547. The van der Waals surface area contributed by atoms with Crippen LogP contribution in [0.3, 0.4) is 0 Å².